The minimum absolute atomic E-state index is 0.198. The summed E-state index contributed by atoms with van der Waals surface area (Å²) in [5.74, 6) is -1.37. The molecule has 2 atom stereocenters. The van der Waals surface area contributed by atoms with Crippen molar-refractivity contribution in [2.24, 2.45) is 5.92 Å². The third-order valence-electron chi connectivity index (χ3n) is 5.24. The number of methoxy groups -OCH3 is 1. The molecule has 0 aliphatic carbocycles. The van der Waals surface area contributed by atoms with E-state index in [1.807, 2.05) is 34.9 Å². The van der Waals surface area contributed by atoms with Crippen LogP contribution in [0, 0.1) is 5.92 Å². The first kappa shape index (κ1) is 20.0. The van der Waals surface area contributed by atoms with E-state index in [4.69, 9.17) is 14.5 Å². The Bertz CT molecular complexity index is 1050. The van der Waals surface area contributed by atoms with Gasteiger partial charge in [0, 0.05) is 32.7 Å². The zero-order valence-corrected chi connectivity index (χ0v) is 17.0. The Morgan fingerprint density at radius 1 is 1.20 bits per heavy atom. The SMILES string of the molecule is CCOC(=O)[C@@H]1C(=O)N(CCCOC)c2nc3ccccc3n2[C@H]1c1cccnc1. The van der Waals surface area contributed by atoms with Crippen molar-refractivity contribution in [3.05, 3.63) is 54.4 Å². The molecule has 0 bridgehead atoms. The maximum atomic E-state index is 13.6. The van der Waals surface area contributed by atoms with Crippen molar-refractivity contribution >= 4 is 28.9 Å². The van der Waals surface area contributed by atoms with E-state index in [1.54, 1.807) is 37.4 Å². The number of pyridine rings is 1. The molecule has 8 heteroatoms. The van der Waals surface area contributed by atoms with Crippen LogP contribution >= 0.6 is 0 Å². The number of para-hydroxylation sites is 2. The molecule has 1 amide bonds. The molecule has 0 spiro atoms. The van der Waals surface area contributed by atoms with Crippen LogP contribution in [0.1, 0.15) is 24.9 Å². The van der Waals surface area contributed by atoms with E-state index in [0.29, 0.717) is 25.5 Å². The number of rotatable bonds is 7. The average Bonchev–Trinajstić information content (AvgIpc) is 3.14. The first-order chi connectivity index (χ1) is 14.7. The van der Waals surface area contributed by atoms with Crippen LogP contribution in [-0.2, 0) is 19.1 Å². The molecule has 0 N–H and O–H groups in total. The lowest BCUT2D eigenvalue weighted by molar-refractivity contribution is -0.153. The van der Waals surface area contributed by atoms with Crippen molar-refractivity contribution in [2.75, 3.05) is 31.8 Å². The number of carbonyl (C=O) groups is 2. The third-order valence-corrected chi connectivity index (χ3v) is 5.24. The maximum Gasteiger partial charge on any atom is 0.321 e. The first-order valence-corrected chi connectivity index (χ1v) is 10.0. The van der Waals surface area contributed by atoms with Crippen LogP contribution in [-0.4, -0.2) is 53.3 Å². The summed E-state index contributed by atoms with van der Waals surface area (Å²) in [5, 5.41) is 0. The van der Waals surface area contributed by atoms with Gasteiger partial charge in [-0.2, -0.15) is 0 Å². The molecule has 8 nitrogen and oxygen atoms in total. The summed E-state index contributed by atoms with van der Waals surface area (Å²) in [6.45, 7) is 2.83. The summed E-state index contributed by atoms with van der Waals surface area (Å²) >= 11 is 0. The molecule has 0 saturated heterocycles. The van der Waals surface area contributed by atoms with Gasteiger partial charge in [-0.15, -0.1) is 0 Å². The van der Waals surface area contributed by atoms with Gasteiger partial charge < -0.3 is 14.0 Å². The normalized spacial score (nSPS) is 18.5. The van der Waals surface area contributed by atoms with Crippen LogP contribution in [0.25, 0.3) is 11.0 Å². The van der Waals surface area contributed by atoms with Crippen LogP contribution in [0.3, 0.4) is 0 Å². The fourth-order valence-electron chi connectivity index (χ4n) is 3.98. The summed E-state index contributed by atoms with van der Waals surface area (Å²) < 4.78 is 12.4. The van der Waals surface area contributed by atoms with E-state index >= 15 is 0 Å². The number of ether oxygens (including phenoxy) is 2. The van der Waals surface area contributed by atoms with Crippen LogP contribution in [0.4, 0.5) is 5.95 Å². The second kappa shape index (κ2) is 8.62. The number of anilines is 1. The number of hydrogen-bond acceptors (Lipinski definition) is 6. The third kappa shape index (κ3) is 3.43. The Hall–Kier alpha value is -3.26. The molecule has 3 aromatic rings. The van der Waals surface area contributed by atoms with Gasteiger partial charge in [0.2, 0.25) is 11.9 Å². The van der Waals surface area contributed by atoms with Gasteiger partial charge in [-0.3, -0.25) is 19.5 Å². The van der Waals surface area contributed by atoms with Gasteiger partial charge in [-0.05, 0) is 37.1 Å². The number of esters is 1. The highest BCUT2D eigenvalue weighted by Gasteiger charge is 2.47. The summed E-state index contributed by atoms with van der Waals surface area (Å²) in [6, 6.07) is 10.7. The van der Waals surface area contributed by atoms with E-state index in [2.05, 4.69) is 4.98 Å². The lowest BCUT2D eigenvalue weighted by atomic mass is 9.90. The Balaban J connectivity index is 1.93. The molecule has 0 saturated carbocycles. The number of fused-ring (bicyclic) bond motifs is 3. The maximum absolute atomic E-state index is 13.6. The second-order valence-corrected chi connectivity index (χ2v) is 7.07. The topological polar surface area (TPSA) is 86.5 Å². The zero-order valence-electron chi connectivity index (χ0n) is 17.0. The van der Waals surface area contributed by atoms with Crippen LogP contribution in [0.2, 0.25) is 0 Å². The molecule has 0 fully saturated rings. The van der Waals surface area contributed by atoms with Crippen molar-refractivity contribution < 1.29 is 19.1 Å². The molecule has 2 aromatic heterocycles. The number of hydrogen-bond donors (Lipinski definition) is 0. The highest BCUT2D eigenvalue weighted by molar-refractivity contribution is 6.08. The smallest absolute Gasteiger partial charge is 0.321 e. The van der Waals surface area contributed by atoms with Gasteiger partial charge in [0.15, 0.2) is 5.92 Å². The van der Waals surface area contributed by atoms with Crippen molar-refractivity contribution in [3.63, 3.8) is 0 Å². The molecular weight excluding hydrogens is 384 g/mol. The zero-order chi connectivity index (χ0) is 21.1. The van der Waals surface area contributed by atoms with Gasteiger partial charge in [0.05, 0.1) is 23.7 Å². The van der Waals surface area contributed by atoms with Crippen molar-refractivity contribution in [1.82, 2.24) is 14.5 Å². The van der Waals surface area contributed by atoms with E-state index in [-0.39, 0.29) is 12.5 Å². The fraction of sp³-hybridized carbons (Fsp3) is 0.364. The van der Waals surface area contributed by atoms with Crippen LogP contribution < -0.4 is 4.90 Å². The van der Waals surface area contributed by atoms with E-state index < -0.39 is 17.9 Å². The predicted molar refractivity (Wildman–Crippen MR) is 111 cm³/mol. The molecule has 30 heavy (non-hydrogen) atoms. The molecule has 3 heterocycles. The van der Waals surface area contributed by atoms with Crippen LogP contribution in [0.15, 0.2) is 48.8 Å². The highest BCUT2D eigenvalue weighted by atomic mass is 16.5. The minimum Gasteiger partial charge on any atom is -0.465 e. The Morgan fingerprint density at radius 3 is 2.77 bits per heavy atom. The van der Waals surface area contributed by atoms with E-state index in [0.717, 1.165) is 16.6 Å². The van der Waals surface area contributed by atoms with Crippen molar-refractivity contribution in [1.29, 1.82) is 0 Å². The number of imidazole rings is 1. The molecule has 4 rings (SSSR count). The quantitative estimate of drug-likeness (QED) is 0.339. The Kier molecular flexibility index (Phi) is 5.76. The number of carbonyl (C=O) groups excluding carboxylic acids is 2. The minimum atomic E-state index is -1.03. The lowest BCUT2D eigenvalue weighted by Gasteiger charge is -2.37. The second-order valence-electron chi connectivity index (χ2n) is 7.07. The Labute approximate surface area is 174 Å². The van der Waals surface area contributed by atoms with Gasteiger partial charge in [0.1, 0.15) is 0 Å². The van der Waals surface area contributed by atoms with Crippen molar-refractivity contribution in [2.45, 2.75) is 19.4 Å². The monoisotopic (exact) mass is 408 g/mol. The fourth-order valence-corrected chi connectivity index (χ4v) is 3.98. The summed E-state index contributed by atoms with van der Waals surface area (Å²) in [5.41, 5.74) is 2.36. The van der Waals surface area contributed by atoms with Gasteiger partial charge in [-0.1, -0.05) is 18.2 Å². The molecular formula is C22H24N4O4. The van der Waals surface area contributed by atoms with E-state index in [1.165, 1.54) is 0 Å². The summed E-state index contributed by atoms with van der Waals surface area (Å²) in [6.07, 6.45) is 3.97. The van der Waals surface area contributed by atoms with E-state index in [9.17, 15) is 9.59 Å². The van der Waals surface area contributed by atoms with Crippen LogP contribution in [0.5, 0.6) is 0 Å². The molecule has 1 aromatic carbocycles. The summed E-state index contributed by atoms with van der Waals surface area (Å²) in [7, 11) is 1.62. The van der Waals surface area contributed by atoms with Gasteiger partial charge in [0.25, 0.3) is 0 Å². The number of aromatic nitrogens is 3. The van der Waals surface area contributed by atoms with Crippen molar-refractivity contribution in [3.8, 4) is 0 Å². The number of nitrogens with zero attached hydrogens (tertiary/aromatic N) is 4. The van der Waals surface area contributed by atoms with Gasteiger partial charge in [-0.25, -0.2) is 4.98 Å². The lowest BCUT2D eigenvalue weighted by Crippen LogP contribution is -2.50. The first-order valence-electron chi connectivity index (χ1n) is 10.0. The molecule has 0 radical (unpaired) electrons. The molecule has 1 aliphatic heterocycles. The molecule has 1 aliphatic rings. The summed E-state index contributed by atoms with van der Waals surface area (Å²) in [4.78, 5) is 37.1. The Morgan fingerprint density at radius 2 is 2.03 bits per heavy atom. The highest BCUT2D eigenvalue weighted by Crippen LogP contribution is 2.41. The number of benzene rings is 1. The van der Waals surface area contributed by atoms with Gasteiger partial charge >= 0.3 is 5.97 Å². The largest absolute Gasteiger partial charge is 0.465 e. The average molecular weight is 408 g/mol. The standard InChI is InChI=1S/C22H24N4O4/c1-3-30-21(28)18-19(15-8-6-11-23-14-15)26-17-10-5-4-9-16(17)24-22(26)25(20(18)27)12-7-13-29-2/h4-6,8-11,14,18-19H,3,7,12-13H2,1-2H3/t18-,19-/m0/s1. The predicted octanol–water partition coefficient (Wildman–Crippen LogP) is 2.58. The molecule has 0 unspecified atom stereocenters. The molecule has 156 valence electrons. The number of amides is 1.